The van der Waals surface area contributed by atoms with Gasteiger partial charge in [-0.05, 0) is 57.0 Å². The maximum Gasteiger partial charge on any atom is 0.272 e. The highest BCUT2D eigenvalue weighted by molar-refractivity contribution is 7.18. The zero-order chi connectivity index (χ0) is 21.5. The Hall–Kier alpha value is -3.06. The van der Waals surface area contributed by atoms with E-state index in [1.165, 1.54) is 4.70 Å². The summed E-state index contributed by atoms with van der Waals surface area (Å²) < 4.78 is 2.90. The van der Waals surface area contributed by atoms with E-state index in [1.807, 2.05) is 48.2 Å². The number of benzene rings is 2. The summed E-state index contributed by atoms with van der Waals surface area (Å²) in [4.78, 5) is 36.8. The van der Waals surface area contributed by atoms with Crippen molar-refractivity contribution in [3.05, 3.63) is 69.1 Å². The third kappa shape index (κ3) is 3.53. The van der Waals surface area contributed by atoms with E-state index in [4.69, 9.17) is 4.98 Å². The second-order valence-corrected chi connectivity index (χ2v) is 9.12. The van der Waals surface area contributed by atoms with Crippen molar-refractivity contribution in [1.82, 2.24) is 19.4 Å². The first-order valence-electron chi connectivity index (χ1n) is 10.7. The summed E-state index contributed by atoms with van der Waals surface area (Å²) in [6.07, 6.45) is 2.01. The van der Waals surface area contributed by atoms with E-state index in [9.17, 15) is 9.59 Å². The fraction of sp³-hybridized carbons (Fsp3) is 0.333. The Morgan fingerprint density at radius 3 is 2.81 bits per heavy atom. The number of hydrogen-bond acceptors (Lipinski definition) is 5. The van der Waals surface area contributed by atoms with Crippen LogP contribution in [-0.2, 0) is 6.54 Å². The molecule has 1 atom stereocenters. The number of nitrogens with zero attached hydrogens (tertiary/aromatic N) is 4. The molecule has 1 aliphatic heterocycles. The molecular formula is C24H24N4O2S. The maximum atomic E-state index is 13.3. The molecule has 1 saturated heterocycles. The van der Waals surface area contributed by atoms with Gasteiger partial charge in [0.05, 0.1) is 26.3 Å². The van der Waals surface area contributed by atoms with Crippen molar-refractivity contribution in [2.75, 3.05) is 13.1 Å². The smallest absolute Gasteiger partial charge is 0.272 e. The average Bonchev–Trinajstić information content (AvgIpc) is 3.24. The zero-order valence-electron chi connectivity index (χ0n) is 17.7. The molecule has 0 unspecified atom stereocenters. The minimum absolute atomic E-state index is 0.0152. The first-order chi connectivity index (χ1) is 15.0. The predicted molar refractivity (Wildman–Crippen MR) is 124 cm³/mol. The Kier molecular flexibility index (Phi) is 5.06. The predicted octanol–water partition coefficient (Wildman–Crippen LogP) is 4.35. The normalized spacial score (nSPS) is 16.8. The largest absolute Gasteiger partial charge is 0.338 e. The fourth-order valence-electron chi connectivity index (χ4n) is 4.43. The van der Waals surface area contributed by atoms with Gasteiger partial charge in [-0.3, -0.25) is 9.59 Å². The average molecular weight is 433 g/mol. The Balaban J connectivity index is 1.43. The van der Waals surface area contributed by atoms with Gasteiger partial charge in [0.2, 0.25) is 0 Å². The lowest BCUT2D eigenvalue weighted by Crippen LogP contribution is -2.39. The molecule has 0 spiro atoms. The van der Waals surface area contributed by atoms with E-state index in [0.717, 1.165) is 35.4 Å². The molecule has 7 heteroatoms. The van der Waals surface area contributed by atoms with Gasteiger partial charge < -0.3 is 9.47 Å². The minimum Gasteiger partial charge on any atom is -0.338 e. The Morgan fingerprint density at radius 2 is 2.00 bits per heavy atom. The van der Waals surface area contributed by atoms with Gasteiger partial charge in [0.1, 0.15) is 5.69 Å². The molecule has 4 aromatic rings. The first-order valence-corrected chi connectivity index (χ1v) is 11.5. The van der Waals surface area contributed by atoms with Crippen LogP contribution in [0.15, 0.2) is 47.3 Å². The fourth-order valence-corrected chi connectivity index (χ4v) is 5.53. The molecule has 0 bridgehead atoms. The summed E-state index contributed by atoms with van der Waals surface area (Å²) in [5.74, 6) is 0.280. The standard InChI is InChI=1S/C24H24N4O2S/c1-3-28-20-11-10-16(13-19(20)25-15(2)23(28)29)24(30)27-12-6-7-17(14-27)22-26-18-8-4-5-9-21(18)31-22/h4-5,8-11,13,17H,3,6-7,12,14H2,1-2H3/t17-/m0/s1. The number of thiazole rings is 1. The van der Waals surface area contributed by atoms with Crippen LogP contribution in [0, 0.1) is 6.92 Å². The number of fused-ring (bicyclic) bond motifs is 2. The summed E-state index contributed by atoms with van der Waals surface area (Å²) >= 11 is 1.73. The Labute approximate surface area is 184 Å². The quantitative estimate of drug-likeness (QED) is 0.483. The molecule has 1 fully saturated rings. The first kappa shape index (κ1) is 19.9. The summed E-state index contributed by atoms with van der Waals surface area (Å²) in [7, 11) is 0. The number of hydrogen-bond donors (Lipinski definition) is 0. The van der Waals surface area contributed by atoms with Crippen molar-refractivity contribution >= 4 is 38.5 Å². The van der Waals surface area contributed by atoms with Gasteiger partial charge in [-0.1, -0.05) is 12.1 Å². The lowest BCUT2D eigenvalue weighted by atomic mass is 9.98. The van der Waals surface area contributed by atoms with Crippen molar-refractivity contribution in [3.63, 3.8) is 0 Å². The number of likely N-dealkylation sites (tertiary alicyclic amines) is 1. The van der Waals surface area contributed by atoms with Gasteiger partial charge in [-0.2, -0.15) is 0 Å². The van der Waals surface area contributed by atoms with Gasteiger partial charge in [0.15, 0.2) is 0 Å². The molecule has 2 aromatic heterocycles. The number of carbonyl (C=O) groups is 1. The molecule has 31 heavy (non-hydrogen) atoms. The number of aromatic nitrogens is 3. The molecule has 0 saturated carbocycles. The van der Waals surface area contributed by atoms with Crippen LogP contribution in [0.1, 0.15) is 46.7 Å². The molecule has 158 valence electrons. The van der Waals surface area contributed by atoms with Crippen LogP contribution in [-0.4, -0.2) is 38.4 Å². The van der Waals surface area contributed by atoms with Gasteiger partial charge >= 0.3 is 0 Å². The van der Waals surface area contributed by atoms with Crippen LogP contribution in [0.2, 0.25) is 0 Å². The van der Waals surface area contributed by atoms with E-state index in [2.05, 4.69) is 11.1 Å². The second kappa shape index (κ2) is 7.89. The molecule has 0 aliphatic carbocycles. The van der Waals surface area contributed by atoms with Crippen LogP contribution in [0.25, 0.3) is 21.3 Å². The minimum atomic E-state index is -0.0798. The van der Waals surface area contributed by atoms with Gasteiger partial charge in [-0.25, -0.2) is 9.97 Å². The van der Waals surface area contributed by atoms with Gasteiger partial charge in [0, 0.05) is 31.1 Å². The third-order valence-corrected chi connectivity index (χ3v) is 7.24. The van der Waals surface area contributed by atoms with Crippen molar-refractivity contribution in [2.45, 2.75) is 39.2 Å². The molecule has 3 heterocycles. The second-order valence-electron chi connectivity index (χ2n) is 8.06. The van der Waals surface area contributed by atoms with Crippen LogP contribution in [0.5, 0.6) is 0 Å². The van der Waals surface area contributed by atoms with Crippen molar-refractivity contribution in [2.24, 2.45) is 0 Å². The molecule has 0 N–H and O–H groups in total. The van der Waals surface area contributed by atoms with E-state index >= 15 is 0 Å². The summed E-state index contributed by atoms with van der Waals surface area (Å²) in [5, 5.41) is 1.11. The third-order valence-electron chi connectivity index (χ3n) is 6.04. The molecule has 1 amide bonds. The van der Waals surface area contributed by atoms with Crippen LogP contribution in [0.3, 0.4) is 0 Å². The number of rotatable bonds is 3. The Bertz CT molecular complexity index is 1320. The lowest BCUT2D eigenvalue weighted by Gasteiger charge is -2.32. The van der Waals surface area contributed by atoms with Crippen molar-refractivity contribution < 1.29 is 4.79 Å². The van der Waals surface area contributed by atoms with Gasteiger partial charge in [-0.15, -0.1) is 11.3 Å². The van der Waals surface area contributed by atoms with Crippen molar-refractivity contribution in [1.29, 1.82) is 0 Å². The number of piperidine rings is 1. The van der Waals surface area contributed by atoms with E-state index in [-0.39, 0.29) is 17.4 Å². The van der Waals surface area contributed by atoms with Gasteiger partial charge in [0.25, 0.3) is 11.5 Å². The maximum absolute atomic E-state index is 13.3. The van der Waals surface area contributed by atoms with E-state index < -0.39 is 0 Å². The highest BCUT2D eigenvalue weighted by Crippen LogP contribution is 2.33. The van der Waals surface area contributed by atoms with Crippen LogP contribution in [0.4, 0.5) is 0 Å². The van der Waals surface area contributed by atoms with Crippen LogP contribution >= 0.6 is 11.3 Å². The topological polar surface area (TPSA) is 68.1 Å². The summed E-state index contributed by atoms with van der Waals surface area (Å²) in [6.45, 7) is 5.66. The van der Waals surface area contributed by atoms with E-state index in [1.54, 1.807) is 22.8 Å². The monoisotopic (exact) mass is 432 g/mol. The highest BCUT2D eigenvalue weighted by Gasteiger charge is 2.28. The summed E-state index contributed by atoms with van der Waals surface area (Å²) in [5.41, 5.74) is 3.47. The summed E-state index contributed by atoms with van der Waals surface area (Å²) in [6, 6.07) is 13.7. The Morgan fingerprint density at radius 1 is 1.16 bits per heavy atom. The molecule has 5 rings (SSSR count). The molecule has 6 nitrogen and oxygen atoms in total. The molecule has 1 aliphatic rings. The lowest BCUT2D eigenvalue weighted by molar-refractivity contribution is 0.0707. The zero-order valence-corrected chi connectivity index (χ0v) is 18.5. The molecule has 0 radical (unpaired) electrons. The molecular weight excluding hydrogens is 408 g/mol. The highest BCUT2D eigenvalue weighted by atomic mass is 32.1. The van der Waals surface area contributed by atoms with E-state index in [0.29, 0.717) is 29.9 Å². The SMILES string of the molecule is CCn1c(=O)c(C)nc2cc(C(=O)N3CCC[C@H](c4nc5ccccc5s4)C3)ccc21. The molecule has 2 aromatic carbocycles. The van der Waals surface area contributed by atoms with Crippen LogP contribution < -0.4 is 5.56 Å². The van der Waals surface area contributed by atoms with Crippen molar-refractivity contribution in [3.8, 4) is 0 Å². The number of aryl methyl sites for hydroxylation is 2. The number of amides is 1. The number of para-hydroxylation sites is 1. The number of carbonyl (C=O) groups excluding carboxylic acids is 1.